The molecule has 0 nitrogen and oxygen atoms in total. The summed E-state index contributed by atoms with van der Waals surface area (Å²) in [6.45, 7) is 27.9. The third-order valence-electron chi connectivity index (χ3n) is 8.18. The number of aryl methyl sites for hydroxylation is 3. The summed E-state index contributed by atoms with van der Waals surface area (Å²) >= 11 is 5.92. The first-order valence-electron chi connectivity index (χ1n) is 18.2. The summed E-state index contributed by atoms with van der Waals surface area (Å²) in [6, 6.07) is 40.8. The minimum absolute atomic E-state index is 0.0995. The summed E-state index contributed by atoms with van der Waals surface area (Å²) in [5, 5.41) is 0.873. The molecule has 0 bridgehead atoms. The number of rotatable bonds is 5. The fourth-order valence-electron chi connectivity index (χ4n) is 4.97. The zero-order valence-electron chi connectivity index (χ0n) is 33.2. The number of hydrogen-bond donors (Lipinski definition) is 0. The van der Waals surface area contributed by atoms with Gasteiger partial charge in [0.2, 0.25) is 0 Å². The van der Waals surface area contributed by atoms with Crippen LogP contribution >= 0.6 is 11.6 Å². The normalized spacial score (nSPS) is 10.4. The second-order valence-corrected chi connectivity index (χ2v) is 15.0. The lowest BCUT2D eigenvalue weighted by atomic mass is 10.0. The van der Waals surface area contributed by atoms with Crippen LogP contribution < -0.4 is 0 Å². The topological polar surface area (TPSA) is 0 Å². The van der Waals surface area contributed by atoms with E-state index in [2.05, 4.69) is 155 Å². The molecule has 0 unspecified atom stereocenters. The van der Waals surface area contributed by atoms with Crippen LogP contribution in [0.1, 0.15) is 143 Å². The first-order valence-corrected chi connectivity index (χ1v) is 18.6. The van der Waals surface area contributed by atoms with Gasteiger partial charge in [0.25, 0.3) is 0 Å². The number of benzene rings is 5. The Hall–Kier alpha value is -3.68. The van der Waals surface area contributed by atoms with Crippen molar-refractivity contribution in [2.75, 3.05) is 0 Å². The molecular formula is C48H64ClF. The van der Waals surface area contributed by atoms with Crippen LogP contribution in [0.4, 0.5) is 4.39 Å². The van der Waals surface area contributed by atoms with E-state index in [1.54, 1.807) is 6.07 Å². The van der Waals surface area contributed by atoms with Crippen LogP contribution in [0.15, 0.2) is 121 Å². The average Bonchev–Trinajstić information content (AvgIpc) is 3.06. The molecule has 0 N–H and O–H groups in total. The van der Waals surface area contributed by atoms with Gasteiger partial charge in [0, 0.05) is 5.02 Å². The first kappa shape index (κ1) is 44.3. The second-order valence-electron chi connectivity index (χ2n) is 14.6. The maximum absolute atomic E-state index is 12.8. The molecule has 0 aliphatic carbocycles. The summed E-state index contributed by atoms with van der Waals surface area (Å²) in [7, 11) is 0. The summed E-state index contributed by atoms with van der Waals surface area (Å²) in [5.74, 6) is 2.66. The Morgan fingerprint density at radius 2 is 0.700 bits per heavy atom. The molecule has 0 amide bonds. The molecule has 5 rings (SSSR count). The molecule has 0 aliphatic rings. The van der Waals surface area contributed by atoms with E-state index < -0.39 is 0 Å². The molecule has 0 aromatic heterocycles. The van der Waals surface area contributed by atoms with Gasteiger partial charge in [-0.05, 0) is 90.3 Å². The summed E-state index contributed by atoms with van der Waals surface area (Å²) in [5.41, 5.74) is 10.4. The summed E-state index contributed by atoms with van der Waals surface area (Å²) in [6.07, 6.45) is 0. The van der Waals surface area contributed by atoms with Crippen LogP contribution in [0.3, 0.4) is 0 Å². The first-order chi connectivity index (χ1) is 23.5. The third-order valence-corrected chi connectivity index (χ3v) is 8.53. The Balaban J connectivity index is 0.000000312. The van der Waals surface area contributed by atoms with Gasteiger partial charge in [-0.25, -0.2) is 4.39 Å². The van der Waals surface area contributed by atoms with Gasteiger partial charge in [0.1, 0.15) is 5.82 Å². The van der Waals surface area contributed by atoms with Gasteiger partial charge < -0.3 is 0 Å². The minimum Gasteiger partial charge on any atom is -0.207 e. The zero-order chi connectivity index (χ0) is 37.8. The van der Waals surface area contributed by atoms with Crippen molar-refractivity contribution in [3.05, 3.63) is 177 Å². The highest BCUT2D eigenvalue weighted by molar-refractivity contribution is 6.31. The standard InChI is InChI=1S/3C10H14.C9H11Cl.C9H11F/c3*1-8(2)10-6-4-5-9(3)7-10;2*1-7(2)8-5-3-4-6-9(8)10/h3*4-8H,1-3H3;2*3-7H,1-2H3. The summed E-state index contributed by atoms with van der Waals surface area (Å²) < 4.78 is 12.8. The highest BCUT2D eigenvalue weighted by Crippen LogP contribution is 2.23. The third kappa shape index (κ3) is 17.8. The minimum atomic E-state index is -0.0995. The molecule has 5 aromatic rings. The molecule has 0 aliphatic heterocycles. The SMILES string of the molecule is CC(C)c1ccccc1Cl.CC(C)c1ccccc1F.Cc1cccc(C(C)C)c1.Cc1cccc(C(C)C)c1.Cc1cccc(C(C)C)c1. The van der Waals surface area contributed by atoms with Gasteiger partial charge in [-0.1, -0.05) is 207 Å². The van der Waals surface area contributed by atoms with Gasteiger partial charge in [0.05, 0.1) is 0 Å². The molecule has 0 saturated heterocycles. The zero-order valence-corrected chi connectivity index (χ0v) is 33.9. The van der Waals surface area contributed by atoms with Crippen molar-refractivity contribution in [2.45, 2.75) is 120 Å². The Morgan fingerprint density at radius 1 is 0.380 bits per heavy atom. The van der Waals surface area contributed by atoms with Gasteiger partial charge in [0.15, 0.2) is 0 Å². The lowest BCUT2D eigenvalue weighted by molar-refractivity contribution is 0.598. The lowest BCUT2D eigenvalue weighted by Gasteiger charge is -2.05. The van der Waals surface area contributed by atoms with Crippen LogP contribution in [0.2, 0.25) is 5.02 Å². The van der Waals surface area contributed by atoms with E-state index in [0.717, 1.165) is 10.6 Å². The van der Waals surface area contributed by atoms with Crippen molar-refractivity contribution in [3.8, 4) is 0 Å². The molecule has 0 saturated carbocycles. The van der Waals surface area contributed by atoms with Crippen molar-refractivity contribution < 1.29 is 4.39 Å². The molecule has 5 aromatic carbocycles. The van der Waals surface area contributed by atoms with E-state index in [9.17, 15) is 4.39 Å². The van der Waals surface area contributed by atoms with Gasteiger partial charge in [-0.3, -0.25) is 0 Å². The van der Waals surface area contributed by atoms with Crippen LogP contribution in [0.5, 0.6) is 0 Å². The fraction of sp³-hybridized carbons (Fsp3) is 0.375. The molecule has 270 valence electrons. The molecule has 0 heterocycles. The van der Waals surface area contributed by atoms with Gasteiger partial charge in [-0.2, -0.15) is 0 Å². The number of halogens is 2. The lowest BCUT2D eigenvalue weighted by Crippen LogP contribution is -1.90. The predicted molar refractivity (Wildman–Crippen MR) is 222 cm³/mol. The highest BCUT2D eigenvalue weighted by atomic mass is 35.5. The Labute approximate surface area is 311 Å². The monoisotopic (exact) mass is 694 g/mol. The second kappa shape index (κ2) is 23.7. The maximum atomic E-state index is 12.8. The molecule has 50 heavy (non-hydrogen) atoms. The van der Waals surface area contributed by atoms with Crippen LogP contribution in [0.25, 0.3) is 0 Å². The van der Waals surface area contributed by atoms with Crippen molar-refractivity contribution in [3.63, 3.8) is 0 Å². The highest BCUT2D eigenvalue weighted by Gasteiger charge is 2.03. The van der Waals surface area contributed by atoms with Crippen molar-refractivity contribution in [1.82, 2.24) is 0 Å². The quantitative estimate of drug-likeness (QED) is 0.172. The maximum Gasteiger partial charge on any atom is 0.126 e. The smallest absolute Gasteiger partial charge is 0.126 e. The average molecular weight is 695 g/mol. The van der Waals surface area contributed by atoms with E-state index in [0.29, 0.717) is 23.7 Å². The number of hydrogen-bond acceptors (Lipinski definition) is 0. The van der Waals surface area contributed by atoms with Crippen LogP contribution in [0, 0.1) is 26.6 Å². The molecule has 0 spiro atoms. The van der Waals surface area contributed by atoms with Crippen molar-refractivity contribution in [2.24, 2.45) is 0 Å². The van der Waals surface area contributed by atoms with Crippen molar-refractivity contribution in [1.29, 1.82) is 0 Å². The Kier molecular flexibility index (Phi) is 21.0. The van der Waals surface area contributed by atoms with Crippen LogP contribution in [-0.2, 0) is 0 Å². The van der Waals surface area contributed by atoms with E-state index >= 15 is 0 Å². The van der Waals surface area contributed by atoms with Crippen molar-refractivity contribution >= 4 is 11.6 Å². The van der Waals surface area contributed by atoms with E-state index in [1.165, 1.54) is 45.0 Å². The largest absolute Gasteiger partial charge is 0.207 e. The Morgan fingerprint density at radius 3 is 0.920 bits per heavy atom. The van der Waals surface area contributed by atoms with Crippen LogP contribution in [-0.4, -0.2) is 0 Å². The van der Waals surface area contributed by atoms with E-state index in [1.807, 2.05) is 44.2 Å². The predicted octanol–water partition coefficient (Wildman–Crippen LogP) is 15.8. The summed E-state index contributed by atoms with van der Waals surface area (Å²) in [4.78, 5) is 0. The molecule has 2 heteroatoms. The van der Waals surface area contributed by atoms with E-state index in [-0.39, 0.29) is 11.7 Å². The molecular weight excluding hydrogens is 631 g/mol. The fourth-order valence-corrected chi connectivity index (χ4v) is 5.33. The van der Waals surface area contributed by atoms with Gasteiger partial charge >= 0.3 is 0 Å². The molecule has 0 atom stereocenters. The van der Waals surface area contributed by atoms with E-state index in [4.69, 9.17) is 11.6 Å². The molecule has 0 fully saturated rings. The Bertz CT molecular complexity index is 1480. The molecule has 0 radical (unpaired) electrons. The van der Waals surface area contributed by atoms with Gasteiger partial charge in [-0.15, -0.1) is 0 Å².